The molecule has 4 heterocycles. The minimum Gasteiger partial charge on any atom is -0.454 e. The summed E-state index contributed by atoms with van der Waals surface area (Å²) < 4.78 is 10.7. The first-order valence-electron chi connectivity index (χ1n) is 10.4. The zero-order valence-electron chi connectivity index (χ0n) is 16.3. The maximum atomic E-state index is 13.1. The van der Waals surface area contributed by atoms with Crippen molar-refractivity contribution in [3.8, 4) is 11.5 Å². The van der Waals surface area contributed by atoms with Gasteiger partial charge < -0.3 is 14.4 Å². The lowest BCUT2D eigenvalue weighted by atomic mass is 9.94. The molecule has 154 valence electrons. The van der Waals surface area contributed by atoms with Crippen LogP contribution in [-0.4, -0.2) is 66.5 Å². The largest absolute Gasteiger partial charge is 0.454 e. The predicted molar refractivity (Wildman–Crippen MR) is 104 cm³/mol. The van der Waals surface area contributed by atoms with Crippen molar-refractivity contribution in [2.75, 3.05) is 37.9 Å². The fourth-order valence-corrected chi connectivity index (χ4v) is 4.85. The number of hydrogen-bond donors (Lipinski definition) is 0. The Bertz CT molecular complexity index is 843. The summed E-state index contributed by atoms with van der Waals surface area (Å²) in [5.74, 6) is 1.08. The molecule has 3 fully saturated rings. The van der Waals surface area contributed by atoms with Gasteiger partial charge in [0.15, 0.2) is 11.5 Å². The number of carbonyl (C=O) groups is 3. The van der Waals surface area contributed by atoms with Gasteiger partial charge in [-0.05, 0) is 50.9 Å². The van der Waals surface area contributed by atoms with E-state index >= 15 is 0 Å². The maximum absolute atomic E-state index is 13.1. The van der Waals surface area contributed by atoms with Gasteiger partial charge in [0.05, 0.1) is 18.2 Å². The average Bonchev–Trinajstić information content (AvgIpc) is 3.47. The molecule has 4 aliphatic heterocycles. The molecule has 0 unspecified atom stereocenters. The standard InChI is InChI=1S/C21H25N3O5/c25-19-12-16(21(27)24(19)15-3-4-17-18(11-15)29-13-28-17)22-9-5-14(6-10-22)20(26)23-7-1-2-8-23/h3-4,11,14,16H,1-2,5-10,12-13H2/t16-/m1/s1. The zero-order valence-corrected chi connectivity index (χ0v) is 16.3. The third-order valence-corrected chi connectivity index (χ3v) is 6.47. The van der Waals surface area contributed by atoms with Gasteiger partial charge >= 0.3 is 0 Å². The van der Waals surface area contributed by atoms with Gasteiger partial charge in [0.1, 0.15) is 0 Å². The minimum absolute atomic E-state index is 0.0431. The van der Waals surface area contributed by atoms with Crippen LogP contribution in [0.25, 0.3) is 0 Å². The van der Waals surface area contributed by atoms with Crippen molar-refractivity contribution in [3.63, 3.8) is 0 Å². The second-order valence-corrected chi connectivity index (χ2v) is 8.17. The van der Waals surface area contributed by atoms with Gasteiger partial charge in [0.25, 0.3) is 5.91 Å². The van der Waals surface area contributed by atoms with Crippen molar-refractivity contribution < 1.29 is 23.9 Å². The Morgan fingerprint density at radius 1 is 0.966 bits per heavy atom. The van der Waals surface area contributed by atoms with Crippen LogP contribution in [0, 0.1) is 5.92 Å². The van der Waals surface area contributed by atoms with E-state index in [-0.39, 0.29) is 36.9 Å². The number of likely N-dealkylation sites (tertiary alicyclic amines) is 2. The molecule has 0 bridgehead atoms. The fourth-order valence-electron chi connectivity index (χ4n) is 4.85. The van der Waals surface area contributed by atoms with Crippen molar-refractivity contribution in [3.05, 3.63) is 18.2 Å². The second kappa shape index (κ2) is 7.33. The normalized spacial score (nSPS) is 25.3. The lowest BCUT2D eigenvalue weighted by molar-refractivity contribution is -0.136. The maximum Gasteiger partial charge on any atom is 0.251 e. The number of rotatable bonds is 3. The van der Waals surface area contributed by atoms with Crippen LogP contribution in [0.15, 0.2) is 18.2 Å². The first kappa shape index (κ1) is 18.4. The number of ether oxygens (including phenoxy) is 2. The highest BCUT2D eigenvalue weighted by Gasteiger charge is 2.44. The van der Waals surface area contributed by atoms with Crippen molar-refractivity contribution in [1.29, 1.82) is 0 Å². The van der Waals surface area contributed by atoms with Crippen LogP contribution in [0.1, 0.15) is 32.1 Å². The van der Waals surface area contributed by atoms with Gasteiger partial charge in [0.2, 0.25) is 18.6 Å². The lowest BCUT2D eigenvalue weighted by Crippen LogP contribution is -2.48. The number of anilines is 1. The molecule has 0 aromatic heterocycles. The van der Waals surface area contributed by atoms with E-state index in [2.05, 4.69) is 4.90 Å². The third kappa shape index (κ3) is 3.25. The van der Waals surface area contributed by atoms with E-state index in [1.807, 2.05) is 4.90 Å². The van der Waals surface area contributed by atoms with E-state index in [0.717, 1.165) is 38.8 Å². The topological polar surface area (TPSA) is 79.4 Å². The molecule has 5 rings (SSSR count). The highest BCUT2D eigenvalue weighted by Crippen LogP contribution is 2.37. The molecule has 3 saturated heterocycles. The first-order chi connectivity index (χ1) is 14.1. The van der Waals surface area contributed by atoms with Crippen LogP contribution in [0.3, 0.4) is 0 Å². The van der Waals surface area contributed by atoms with E-state index in [9.17, 15) is 14.4 Å². The Balaban J connectivity index is 1.24. The quantitative estimate of drug-likeness (QED) is 0.715. The molecule has 4 aliphatic rings. The Hall–Kier alpha value is -2.61. The molecular formula is C21H25N3O5. The molecule has 0 aliphatic carbocycles. The molecule has 8 nitrogen and oxygen atoms in total. The average molecular weight is 399 g/mol. The molecule has 0 radical (unpaired) electrons. The van der Waals surface area contributed by atoms with E-state index in [0.29, 0.717) is 30.3 Å². The summed E-state index contributed by atoms with van der Waals surface area (Å²) in [6.07, 6.45) is 3.87. The summed E-state index contributed by atoms with van der Waals surface area (Å²) in [6.45, 7) is 3.23. The van der Waals surface area contributed by atoms with Gasteiger partial charge in [-0.25, -0.2) is 4.90 Å². The van der Waals surface area contributed by atoms with Crippen LogP contribution in [0.2, 0.25) is 0 Å². The summed E-state index contributed by atoms with van der Waals surface area (Å²) >= 11 is 0. The molecule has 1 atom stereocenters. The number of hydrogen-bond acceptors (Lipinski definition) is 6. The number of nitrogens with zero attached hydrogens (tertiary/aromatic N) is 3. The number of piperidine rings is 1. The first-order valence-corrected chi connectivity index (χ1v) is 10.4. The molecule has 0 spiro atoms. The smallest absolute Gasteiger partial charge is 0.251 e. The zero-order chi connectivity index (χ0) is 20.0. The van der Waals surface area contributed by atoms with E-state index in [4.69, 9.17) is 9.47 Å². The predicted octanol–water partition coefficient (Wildman–Crippen LogP) is 1.38. The summed E-state index contributed by atoms with van der Waals surface area (Å²) in [7, 11) is 0. The van der Waals surface area contributed by atoms with Crippen LogP contribution in [-0.2, 0) is 14.4 Å². The van der Waals surface area contributed by atoms with E-state index in [1.54, 1.807) is 18.2 Å². The van der Waals surface area contributed by atoms with Crippen LogP contribution in [0.5, 0.6) is 11.5 Å². The molecule has 0 N–H and O–H groups in total. The van der Waals surface area contributed by atoms with Gasteiger partial charge in [-0.3, -0.25) is 19.3 Å². The lowest BCUT2D eigenvalue weighted by Gasteiger charge is -2.35. The van der Waals surface area contributed by atoms with Crippen molar-refractivity contribution in [2.45, 2.75) is 38.1 Å². The second-order valence-electron chi connectivity index (χ2n) is 8.17. The SMILES string of the molecule is O=C(C1CCN([C@@H]2CC(=O)N(c3ccc4c(c3)OCO4)C2=O)CC1)N1CCCC1. The van der Waals surface area contributed by atoms with Crippen molar-refractivity contribution in [2.24, 2.45) is 5.92 Å². The monoisotopic (exact) mass is 399 g/mol. The van der Waals surface area contributed by atoms with Crippen LogP contribution in [0.4, 0.5) is 5.69 Å². The molecule has 3 amide bonds. The van der Waals surface area contributed by atoms with E-state index in [1.165, 1.54) is 4.90 Å². The van der Waals surface area contributed by atoms with E-state index < -0.39 is 6.04 Å². The van der Waals surface area contributed by atoms with Gasteiger partial charge in [-0.2, -0.15) is 0 Å². The number of fused-ring (bicyclic) bond motifs is 1. The van der Waals surface area contributed by atoms with Crippen molar-refractivity contribution in [1.82, 2.24) is 9.80 Å². The Morgan fingerprint density at radius 2 is 1.69 bits per heavy atom. The Morgan fingerprint density at radius 3 is 2.45 bits per heavy atom. The summed E-state index contributed by atoms with van der Waals surface area (Å²) in [4.78, 5) is 43.6. The Labute approximate surface area is 169 Å². The van der Waals surface area contributed by atoms with Crippen LogP contribution < -0.4 is 14.4 Å². The van der Waals surface area contributed by atoms with Crippen molar-refractivity contribution >= 4 is 23.4 Å². The molecule has 0 saturated carbocycles. The van der Waals surface area contributed by atoms with Gasteiger partial charge in [-0.15, -0.1) is 0 Å². The van der Waals surface area contributed by atoms with Gasteiger partial charge in [0, 0.05) is 25.1 Å². The summed E-state index contributed by atoms with van der Waals surface area (Å²) in [5.41, 5.74) is 0.519. The van der Waals surface area contributed by atoms with Crippen LogP contribution >= 0.6 is 0 Å². The summed E-state index contributed by atoms with van der Waals surface area (Å²) in [5, 5.41) is 0. The highest BCUT2D eigenvalue weighted by atomic mass is 16.7. The number of carbonyl (C=O) groups excluding carboxylic acids is 3. The fraction of sp³-hybridized carbons (Fsp3) is 0.571. The number of benzene rings is 1. The summed E-state index contributed by atoms with van der Waals surface area (Å²) in [6, 6.07) is 4.67. The third-order valence-electron chi connectivity index (χ3n) is 6.47. The Kier molecular flexibility index (Phi) is 4.66. The molecule has 8 heteroatoms. The molecule has 1 aromatic rings. The number of imide groups is 1. The minimum atomic E-state index is -0.448. The molecular weight excluding hydrogens is 374 g/mol. The molecule has 1 aromatic carbocycles. The number of amides is 3. The van der Waals surface area contributed by atoms with Gasteiger partial charge in [-0.1, -0.05) is 0 Å². The highest BCUT2D eigenvalue weighted by molar-refractivity contribution is 6.22. The molecule has 29 heavy (non-hydrogen) atoms.